The molecule has 0 aromatic heterocycles. The van der Waals surface area contributed by atoms with Crippen molar-refractivity contribution in [2.24, 2.45) is 0 Å². The average molecular weight is 243 g/mol. The van der Waals surface area contributed by atoms with Crippen LogP contribution in [0.15, 0.2) is 42.5 Å². The van der Waals surface area contributed by atoms with Crippen LogP contribution in [0.2, 0.25) is 0 Å². The topological polar surface area (TPSA) is 23.5 Å². The zero-order chi connectivity index (χ0) is 13.0. The minimum absolute atomic E-state index is 0.259. The van der Waals surface area contributed by atoms with Crippen LogP contribution in [-0.2, 0) is 0 Å². The number of aliphatic hydroxyl groups excluding tert-OH is 1. The van der Waals surface area contributed by atoms with E-state index in [2.05, 4.69) is 61.5 Å². The summed E-state index contributed by atoms with van der Waals surface area (Å²) in [5.41, 5.74) is 1.35. The second-order valence-corrected chi connectivity index (χ2v) is 4.91. The van der Waals surface area contributed by atoms with Gasteiger partial charge in [-0.1, -0.05) is 42.5 Å². The highest BCUT2D eigenvalue weighted by atomic mass is 16.2. The maximum absolute atomic E-state index is 9.04. The standard InChI is InChI=1S/C16H21NO/c1-17(2)16(11-6-12-18)15-10-5-8-13-7-3-4-9-14(13)15/h3-5,7-10,16,18H,6,11-12H2,1-2H3. The fraction of sp³-hybridized carbons (Fsp3) is 0.375. The van der Waals surface area contributed by atoms with Crippen molar-refractivity contribution in [2.75, 3.05) is 20.7 Å². The molecule has 0 saturated heterocycles. The molecule has 1 N–H and O–H groups in total. The molecule has 18 heavy (non-hydrogen) atoms. The third kappa shape index (κ3) is 2.71. The van der Waals surface area contributed by atoms with Crippen molar-refractivity contribution < 1.29 is 5.11 Å². The largest absolute Gasteiger partial charge is 0.396 e. The highest BCUT2D eigenvalue weighted by molar-refractivity contribution is 5.86. The zero-order valence-electron chi connectivity index (χ0n) is 11.1. The average Bonchev–Trinajstić information content (AvgIpc) is 2.39. The van der Waals surface area contributed by atoms with Gasteiger partial charge >= 0.3 is 0 Å². The van der Waals surface area contributed by atoms with Crippen LogP contribution in [0.5, 0.6) is 0 Å². The van der Waals surface area contributed by atoms with E-state index in [1.165, 1.54) is 16.3 Å². The van der Waals surface area contributed by atoms with Crippen molar-refractivity contribution in [3.05, 3.63) is 48.0 Å². The monoisotopic (exact) mass is 243 g/mol. The Bertz CT molecular complexity index is 502. The van der Waals surface area contributed by atoms with Crippen LogP contribution in [0.3, 0.4) is 0 Å². The van der Waals surface area contributed by atoms with Crippen LogP contribution in [-0.4, -0.2) is 30.7 Å². The predicted octanol–water partition coefficient (Wildman–Crippen LogP) is 3.22. The molecule has 1 atom stereocenters. The Morgan fingerprint density at radius 1 is 1.06 bits per heavy atom. The maximum Gasteiger partial charge on any atom is 0.0431 e. The van der Waals surface area contributed by atoms with E-state index in [0.29, 0.717) is 6.04 Å². The molecular weight excluding hydrogens is 222 g/mol. The summed E-state index contributed by atoms with van der Waals surface area (Å²) in [6.45, 7) is 0.259. The number of nitrogens with zero attached hydrogens (tertiary/aromatic N) is 1. The van der Waals surface area contributed by atoms with Crippen LogP contribution in [0.25, 0.3) is 10.8 Å². The van der Waals surface area contributed by atoms with E-state index in [4.69, 9.17) is 5.11 Å². The fourth-order valence-corrected chi connectivity index (χ4v) is 2.52. The van der Waals surface area contributed by atoms with Gasteiger partial charge in [0, 0.05) is 12.6 Å². The first-order chi connectivity index (χ1) is 8.74. The van der Waals surface area contributed by atoms with Crippen LogP contribution in [0, 0.1) is 0 Å². The molecule has 2 aromatic carbocycles. The smallest absolute Gasteiger partial charge is 0.0431 e. The molecule has 2 aromatic rings. The first-order valence-electron chi connectivity index (χ1n) is 6.49. The molecule has 0 aliphatic carbocycles. The third-order valence-corrected chi connectivity index (χ3v) is 3.44. The minimum Gasteiger partial charge on any atom is -0.396 e. The first kappa shape index (κ1) is 13.1. The number of fused-ring (bicyclic) bond motifs is 1. The molecule has 0 bridgehead atoms. The van der Waals surface area contributed by atoms with Crippen LogP contribution < -0.4 is 0 Å². The molecular formula is C16H21NO. The van der Waals surface area contributed by atoms with E-state index in [1.54, 1.807) is 0 Å². The van der Waals surface area contributed by atoms with E-state index in [1.807, 2.05) is 0 Å². The molecule has 0 heterocycles. The molecule has 0 spiro atoms. The highest BCUT2D eigenvalue weighted by Crippen LogP contribution is 2.29. The van der Waals surface area contributed by atoms with Crippen LogP contribution >= 0.6 is 0 Å². The minimum atomic E-state index is 0.259. The van der Waals surface area contributed by atoms with Gasteiger partial charge in [-0.15, -0.1) is 0 Å². The molecule has 0 radical (unpaired) electrons. The van der Waals surface area contributed by atoms with Gasteiger partial charge in [0.1, 0.15) is 0 Å². The third-order valence-electron chi connectivity index (χ3n) is 3.44. The molecule has 0 aliphatic rings. The van der Waals surface area contributed by atoms with Gasteiger partial charge in [0.15, 0.2) is 0 Å². The highest BCUT2D eigenvalue weighted by Gasteiger charge is 2.15. The molecule has 0 fully saturated rings. The summed E-state index contributed by atoms with van der Waals surface area (Å²) >= 11 is 0. The lowest BCUT2D eigenvalue weighted by atomic mass is 9.95. The molecule has 2 nitrogen and oxygen atoms in total. The summed E-state index contributed by atoms with van der Waals surface area (Å²) in [6.07, 6.45) is 1.82. The fourth-order valence-electron chi connectivity index (χ4n) is 2.52. The Morgan fingerprint density at radius 2 is 1.78 bits per heavy atom. The summed E-state index contributed by atoms with van der Waals surface area (Å²) in [5.74, 6) is 0. The molecule has 2 rings (SSSR count). The van der Waals surface area contributed by atoms with Crippen molar-refractivity contribution in [1.82, 2.24) is 4.90 Å². The number of hydrogen-bond donors (Lipinski definition) is 1. The predicted molar refractivity (Wildman–Crippen MR) is 76.7 cm³/mol. The van der Waals surface area contributed by atoms with Gasteiger partial charge in [-0.2, -0.15) is 0 Å². The summed E-state index contributed by atoms with van der Waals surface area (Å²) in [7, 11) is 4.20. The van der Waals surface area contributed by atoms with Gasteiger partial charge in [0.25, 0.3) is 0 Å². The van der Waals surface area contributed by atoms with E-state index in [9.17, 15) is 0 Å². The first-order valence-corrected chi connectivity index (χ1v) is 6.49. The van der Waals surface area contributed by atoms with Gasteiger partial charge in [-0.05, 0) is 43.3 Å². The van der Waals surface area contributed by atoms with Crippen molar-refractivity contribution in [3.63, 3.8) is 0 Å². The molecule has 2 heteroatoms. The Labute approximate surface area is 109 Å². The second-order valence-electron chi connectivity index (χ2n) is 4.91. The van der Waals surface area contributed by atoms with Crippen molar-refractivity contribution >= 4 is 10.8 Å². The van der Waals surface area contributed by atoms with Crippen LogP contribution in [0.4, 0.5) is 0 Å². The molecule has 0 amide bonds. The summed E-state index contributed by atoms with van der Waals surface area (Å²) < 4.78 is 0. The maximum atomic E-state index is 9.04. The summed E-state index contributed by atoms with van der Waals surface area (Å²) in [6, 6.07) is 15.3. The Hall–Kier alpha value is -1.38. The Morgan fingerprint density at radius 3 is 2.50 bits per heavy atom. The van der Waals surface area contributed by atoms with Crippen molar-refractivity contribution in [3.8, 4) is 0 Å². The summed E-state index contributed by atoms with van der Waals surface area (Å²) in [5, 5.41) is 11.6. The van der Waals surface area contributed by atoms with Gasteiger partial charge in [-0.25, -0.2) is 0 Å². The van der Waals surface area contributed by atoms with Gasteiger partial charge in [0.2, 0.25) is 0 Å². The number of rotatable bonds is 5. The number of aliphatic hydroxyl groups is 1. The Kier molecular flexibility index (Phi) is 4.34. The Balaban J connectivity index is 2.43. The quantitative estimate of drug-likeness (QED) is 0.871. The van der Waals surface area contributed by atoms with Crippen LogP contribution in [0.1, 0.15) is 24.4 Å². The van der Waals surface area contributed by atoms with Crippen molar-refractivity contribution in [2.45, 2.75) is 18.9 Å². The lowest BCUT2D eigenvalue weighted by Gasteiger charge is -2.26. The lowest BCUT2D eigenvalue weighted by molar-refractivity contribution is 0.236. The zero-order valence-corrected chi connectivity index (χ0v) is 11.1. The molecule has 96 valence electrons. The van der Waals surface area contributed by atoms with E-state index >= 15 is 0 Å². The van der Waals surface area contributed by atoms with E-state index in [0.717, 1.165) is 12.8 Å². The van der Waals surface area contributed by atoms with Gasteiger partial charge < -0.3 is 10.0 Å². The molecule has 1 unspecified atom stereocenters. The molecule has 0 aliphatic heterocycles. The molecule has 0 saturated carbocycles. The van der Waals surface area contributed by atoms with E-state index < -0.39 is 0 Å². The van der Waals surface area contributed by atoms with E-state index in [-0.39, 0.29) is 6.61 Å². The normalized spacial score (nSPS) is 13.1. The summed E-state index contributed by atoms with van der Waals surface area (Å²) in [4.78, 5) is 2.23. The number of hydrogen-bond acceptors (Lipinski definition) is 2. The second kappa shape index (κ2) is 5.98. The van der Waals surface area contributed by atoms with Crippen molar-refractivity contribution in [1.29, 1.82) is 0 Å². The SMILES string of the molecule is CN(C)C(CCCO)c1cccc2ccccc12. The number of benzene rings is 2. The lowest BCUT2D eigenvalue weighted by Crippen LogP contribution is -2.20. The van der Waals surface area contributed by atoms with Gasteiger partial charge in [-0.3, -0.25) is 0 Å². The van der Waals surface area contributed by atoms with Gasteiger partial charge in [0.05, 0.1) is 0 Å².